The Morgan fingerprint density at radius 3 is 2.47 bits per heavy atom. The summed E-state index contributed by atoms with van der Waals surface area (Å²) >= 11 is 0. The quantitative estimate of drug-likeness (QED) is 0.573. The normalized spacial score (nSPS) is 26.9. The molecule has 83 valence electrons. The number of nitrogens with zero attached hydrogens (tertiary/aromatic N) is 2. The first-order valence-corrected chi connectivity index (χ1v) is 5.96. The van der Waals surface area contributed by atoms with Gasteiger partial charge in [-0.1, -0.05) is 37.8 Å². The molecule has 2 aliphatic rings. The van der Waals surface area contributed by atoms with Gasteiger partial charge in [0, 0.05) is 38.8 Å². The van der Waals surface area contributed by atoms with Crippen LogP contribution in [0.4, 0.5) is 0 Å². The molecule has 0 heterocycles. The van der Waals surface area contributed by atoms with E-state index in [4.69, 9.17) is 5.43 Å². The van der Waals surface area contributed by atoms with Gasteiger partial charge in [-0.15, -0.1) is 6.04 Å². The average Bonchev–Trinajstić information content (AvgIpc) is 2.72. The smallest absolute Gasteiger partial charge is 0.0106 e. The van der Waals surface area contributed by atoms with Gasteiger partial charge in [-0.25, -0.2) is 0 Å². The SMILES string of the molecule is CN([N-]C1CCCC1)C1C=CCCC1.[Y]. The third-order valence-electron chi connectivity index (χ3n) is 3.38. The summed E-state index contributed by atoms with van der Waals surface area (Å²) in [5.41, 5.74) is 4.78. The molecule has 2 aliphatic carbocycles. The standard InChI is InChI=1S/C12H21N2.Y/c1-14(12-9-3-2-4-10-12)13-11-7-5-6-8-11;/h3,9,11-12H,2,4-8,10H2,1H3;/q-1;. The second kappa shape index (κ2) is 7.16. The van der Waals surface area contributed by atoms with Gasteiger partial charge < -0.3 is 10.4 Å². The van der Waals surface area contributed by atoms with E-state index in [9.17, 15) is 0 Å². The molecule has 15 heavy (non-hydrogen) atoms. The Hall–Kier alpha value is 0.764. The van der Waals surface area contributed by atoms with Crippen LogP contribution in [0.3, 0.4) is 0 Å². The van der Waals surface area contributed by atoms with Crippen molar-refractivity contribution in [1.29, 1.82) is 0 Å². The van der Waals surface area contributed by atoms with Crippen molar-refractivity contribution in [3.05, 3.63) is 17.6 Å². The van der Waals surface area contributed by atoms with Crippen LogP contribution >= 0.6 is 0 Å². The molecule has 1 atom stereocenters. The molecule has 1 fully saturated rings. The predicted molar refractivity (Wildman–Crippen MR) is 60.2 cm³/mol. The maximum absolute atomic E-state index is 4.78. The number of allylic oxidation sites excluding steroid dienone is 1. The van der Waals surface area contributed by atoms with E-state index in [1.54, 1.807) is 0 Å². The third-order valence-corrected chi connectivity index (χ3v) is 3.38. The molecule has 2 rings (SSSR count). The molecular weight excluding hydrogens is 261 g/mol. The van der Waals surface area contributed by atoms with Crippen LogP contribution in [0.1, 0.15) is 44.9 Å². The van der Waals surface area contributed by atoms with Gasteiger partial charge in [0.25, 0.3) is 0 Å². The molecule has 0 spiro atoms. The molecule has 0 amide bonds. The predicted octanol–water partition coefficient (Wildman–Crippen LogP) is 3.26. The summed E-state index contributed by atoms with van der Waals surface area (Å²) in [7, 11) is 2.14. The van der Waals surface area contributed by atoms with Gasteiger partial charge >= 0.3 is 0 Å². The largest absolute Gasteiger partial charge is 0.591 e. The van der Waals surface area contributed by atoms with E-state index in [1.807, 2.05) is 0 Å². The fourth-order valence-corrected chi connectivity index (χ4v) is 2.47. The Morgan fingerprint density at radius 1 is 1.13 bits per heavy atom. The average molecular weight is 282 g/mol. The second-order valence-corrected chi connectivity index (χ2v) is 4.55. The minimum atomic E-state index is 0. The molecule has 0 aromatic heterocycles. The van der Waals surface area contributed by atoms with Crippen LogP contribution in [0.5, 0.6) is 0 Å². The molecule has 2 nitrogen and oxygen atoms in total. The Kier molecular flexibility index (Phi) is 6.60. The van der Waals surface area contributed by atoms with E-state index in [1.165, 1.54) is 44.9 Å². The first-order chi connectivity index (χ1) is 6.86. The Balaban J connectivity index is 0.00000112. The Bertz CT molecular complexity index is 200. The van der Waals surface area contributed by atoms with Gasteiger partial charge in [0.15, 0.2) is 0 Å². The van der Waals surface area contributed by atoms with Crippen LogP contribution < -0.4 is 0 Å². The van der Waals surface area contributed by atoms with Crippen LogP contribution in [0, 0.1) is 0 Å². The summed E-state index contributed by atoms with van der Waals surface area (Å²) < 4.78 is 0. The van der Waals surface area contributed by atoms with Crippen LogP contribution in [-0.4, -0.2) is 24.1 Å². The summed E-state index contributed by atoms with van der Waals surface area (Å²) in [6, 6.07) is 1.19. The first kappa shape index (κ1) is 13.8. The fourth-order valence-electron chi connectivity index (χ4n) is 2.47. The van der Waals surface area contributed by atoms with Gasteiger partial charge in [-0.05, 0) is 26.3 Å². The molecule has 1 unspecified atom stereocenters. The maximum atomic E-state index is 4.78. The van der Waals surface area contributed by atoms with Gasteiger partial charge in [-0.2, -0.15) is 0 Å². The Morgan fingerprint density at radius 2 is 1.87 bits per heavy atom. The van der Waals surface area contributed by atoms with E-state index in [-0.39, 0.29) is 32.7 Å². The molecule has 0 N–H and O–H groups in total. The summed E-state index contributed by atoms with van der Waals surface area (Å²) in [6.45, 7) is 0. The Labute approximate surface area is 119 Å². The number of likely N-dealkylation sites (N-methyl/N-ethyl adjacent to an activating group) is 1. The maximum Gasteiger partial charge on any atom is 0.0106 e. The van der Waals surface area contributed by atoms with E-state index >= 15 is 0 Å². The van der Waals surface area contributed by atoms with Crippen LogP contribution in [-0.2, 0) is 32.7 Å². The topological polar surface area (TPSA) is 17.3 Å². The summed E-state index contributed by atoms with van der Waals surface area (Å²) in [6.07, 6.45) is 13.9. The number of hydrogen-bond donors (Lipinski definition) is 0. The van der Waals surface area contributed by atoms with E-state index in [0.29, 0.717) is 12.1 Å². The van der Waals surface area contributed by atoms with Crippen LogP contribution in [0.15, 0.2) is 12.2 Å². The van der Waals surface area contributed by atoms with Gasteiger partial charge in [0.1, 0.15) is 0 Å². The van der Waals surface area contributed by atoms with Crippen LogP contribution in [0.2, 0.25) is 0 Å². The van der Waals surface area contributed by atoms with Gasteiger partial charge in [-0.3, -0.25) is 0 Å². The molecule has 3 heteroatoms. The third kappa shape index (κ3) is 4.26. The molecular formula is C12H21N2Y-. The van der Waals surface area contributed by atoms with Crippen molar-refractivity contribution < 1.29 is 32.7 Å². The van der Waals surface area contributed by atoms with Crippen molar-refractivity contribution in [2.45, 2.75) is 57.0 Å². The molecule has 1 saturated carbocycles. The van der Waals surface area contributed by atoms with E-state index in [0.717, 1.165) is 0 Å². The van der Waals surface area contributed by atoms with Crippen molar-refractivity contribution in [1.82, 2.24) is 5.01 Å². The summed E-state index contributed by atoms with van der Waals surface area (Å²) in [5.74, 6) is 0. The van der Waals surface area contributed by atoms with Crippen molar-refractivity contribution in [3.8, 4) is 0 Å². The first-order valence-electron chi connectivity index (χ1n) is 5.96. The summed E-state index contributed by atoms with van der Waals surface area (Å²) in [5, 5.41) is 2.20. The molecule has 0 aliphatic heterocycles. The molecule has 0 bridgehead atoms. The van der Waals surface area contributed by atoms with Crippen molar-refractivity contribution in [2.75, 3.05) is 7.05 Å². The summed E-state index contributed by atoms with van der Waals surface area (Å²) in [4.78, 5) is 0. The van der Waals surface area contributed by atoms with Crippen molar-refractivity contribution in [3.63, 3.8) is 0 Å². The second-order valence-electron chi connectivity index (χ2n) is 4.55. The minimum absolute atomic E-state index is 0. The molecule has 1 radical (unpaired) electrons. The fraction of sp³-hybridized carbons (Fsp3) is 0.833. The van der Waals surface area contributed by atoms with Gasteiger partial charge in [0.2, 0.25) is 0 Å². The van der Waals surface area contributed by atoms with Gasteiger partial charge in [0.05, 0.1) is 0 Å². The van der Waals surface area contributed by atoms with E-state index < -0.39 is 0 Å². The zero-order valence-corrected chi connectivity index (χ0v) is 12.6. The molecule has 0 aromatic carbocycles. The van der Waals surface area contributed by atoms with Crippen molar-refractivity contribution in [2.24, 2.45) is 0 Å². The minimum Gasteiger partial charge on any atom is -0.591 e. The number of rotatable bonds is 3. The zero-order chi connectivity index (χ0) is 9.80. The van der Waals surface area contributed by atoms with Crippen LogP contribution in [0.25, 0.3) is 5.43 Å². The monoisotopic (exact) mass is 282 g/mol. The molecule has 0 saturated heterocycles. The van der Waals surface area contributed by atoms with E-state index in [2.05, 4.69) is 24.2 Å². The van der Waals surface area contributed by atoms with Crippen molar-refractivity contribution >= 4 is 0 Å². The zero-order valence-electron chi connectivity index (χ0n) is 9.73. The molecule has 0 aromatic rings. The number of hydrogen-bond acceptors (Lipinski definition) is 1.